The standard InChI is InChI=1S/C11H17ClN2S/c1-7(8-5-6-9(12)15-8)14-10(13)11(2,3)4/h5-7H,1-4H3,(H2,13,14). The van der Waals surface area contributed by atoms with Crippen LogP contribution < -0.4 is 5.73 Å². The van der Waals surface area contributed by atoms with E-state index in [2.05, 4.69) is 25.8 Å². The monoisotopic (exact) mass is 244 g/mol. The molecule has 0 saturated heterocycles. The maximum absolute atomic E-state index is 5.92. The quantitative estimate of drug-likeness (QED) is 0.623. The molecule has 1 aromatic rings. The summed E-state index contributed by atoms with van der Waals surface area (Å²) in [4.78, 5) is 5.62. The molecular weight excluding hydrogens is 228 g/mol. The van der Waals surface area contributed by atoms with E-state index in [1.165, 1.54) is 0 Å². The molecule has 0 bridgehead atoms. The van der Waals surface area contributed by atoms with Gasteiger partial charge in [0, 0.05) is 10.3 Å². The molecule has 1 aromatic heterocycles. The summed E-state index contributed by atoms with van der Waals surface area (Å²) >= 11 is 7.42. The zero-order valence-electron chi connectivity index (χ0n) is 9.54. The molecular formula is C11H17ClN2S. The topological polar surface area (TPSA) is 38.4 Å². The average molecular weight is 245 g/mol. The lowest BCUT2D eigenvalue weighted by atomic mass is 9.95. The molecule has 0 spiro atoms. The lowest BCUT2D eigenvalue weighted by Gasteiger charge is -2.19. The van der Waals surface area contributed by atoms with Gasteiger partial charge >= 0.3 is 0 Å². The van der Waals surface area contributed by atoms with Crippen molar-refractivity contribution < 1.29 is 0 Å². The number of aliphatic imine (C=N–C) groups is 1. The number of nitrogens with two attached hydrogens (primary N) is 1. The Bertz CT molecular complexity index is 363. The molecule has 84 valence electrons. The smallest absolute Gasteiger partial charge is 0.0999 e. The van der Waals surface area contributed by atoms with Crippen molar-refractivity contribution in [1.82, 2.24) is 0 Å². The third-order valence-electron chi connectivity index (χ3n) is 2.11. The molecule has 0 saturated carbocycles. The number of nitrogens with zero attached hydrogens (tertiary/aromatic N) is 1. The highest BCUT2D eigenvalue weighted by atomic mass is 35.5. The molecule has 0 aliphatic rings. The van der Waals surface area contributed by atoms with Gasteiger partial charge in [0.25, 0.3) is 0 Å². The summed E-state index contributed by atoms with van der Waals surface area (Å²) < 4.78 is 0.793. The average Bonchev–Trinajstić information content (AvgIpc) is 2.50. The fourth-order valence-corrected chi connectivity index (χ4v) is 2.07. The van der Waals surface area contributed by atoms with E-state index in [-0.39, 0.29) is 11.5 Å². The summed E-state index contributed by atoms with van der Waals surface area (Å²) in [6.07, 6.45) is 0. The number of amidine groups is 1. The molecule has 0 aromatic carbocycles. The van der Waals surface area contributed by atoms with Gasteiger partial charge in [0.15, 0.2) is 0 Å². The first-order chi connectivity index (χ1) is 6.80. The zero-order chi connectivity index (χ0) is 11.6. The number of rotatable bonds is 2. The van der Waals surface area contributed by atoms with Crippen LogP contribution in [0.1, 0.15) is 38.6 Å². The molecule has 0 radical (unpaired) electrons. The predicted molar refractivity (Wildman–Crippen MR) is 68.8 cm³/mol. The normalized spacial score (nSPS) is 15.4. The Kier molecular flexibility index (Phi) is 3.79. The summed E-state index contributed by atoms with van der Waals surface area (Å²) in [5.41, 5.74) is 5.84. The van der Waals surface area contributed by atoms with E-state index >= 15 is 0 Å². The van der Waals surface area contributed by atoms with E-state index in [9.17, 15) is 0 Å². The van der Waals surface area contributed by atoms with Crippen LogP contribution in [0.25, 0.3) is 0 Å². The predicted octanol–water partition coefficient (Wildman–Crippen LogP) is 3.87. The summed E-state index contributed by atoms with van der Waals surface area (Å²) in [6, 6.07) is 3.97. The number of hydrogen-bond acceptors (Lipinski definition) is 2. The van der Waals surface area contributed by atoms with Crippen LogP contribution in [0.2, 0.25) is 4.34 Å². The maximum Gasteiger partial charge on any atom is 0.0999 e. The van der Waals surface area contributed by atoms with Crippen LogP contribution in [0.15, 0.2) is 17.1 Å². The van der Waals surface area contributed by atoms with E-state index in [1.807, 2.05) is 19.1 Å². The largest absolute Gasteiger partial charge is 0.387 e. The van der Waals surface area contributed by atoms with Crippen LogP contribution in [0.5, 0.6) is 0 Å². The van der Waals surface area contributed by atoms with Crippen molar-refractivity contribution in [3.8, 4) is 0 Å². The molecule has 4 heteroatoms. The second-order valence-corrected chi connectivity index (χ2v) is 6.33. The molecule has 1 rings (SSSR count). The van der Waals surface area contributed by atoms with Gasteiger partial charge in [-0.3, -0.25) is 4.99 Å². The van der Waals surface area contributed by atoms with Gasteiger partial charge in [-0.2, -0.15) is 0 Å². The molecule has 0 amide bonds. The van der Waals surface area contributed by atoms with Gasteiger partial charge in [-0.05, 0) is 19.1 Å². The van der Waals surface area contributed by atoms with Crippen molar-refractivity contribution >= 4 is 28.8 Å². The Labute approximate surface area is 100 Å². The SMILES string of the molecule is CC(N=C(N)C(C)(C)C)c1ccc(Cl)s1. The highest BCUT2D eigenvalue weighted by molar-refractivity contribution is 7.16. The van der Waals surface area contributed by atoms with Crippen molar-refractivity contribution in [2.75, 3.05) is 0 Å². The van der Waals surface area contributed by atoms with Crippen molar-refractivity contribution in [2.24, 2.45) is 16.1 Å². The van der Waals surface area contributed by atoms with Gasteiger partial charge in [-0.25, -0.2) is 0 Å². The first-order valence-electron chi connectivity index (χ1n) is 4.89. The minimum atomic E-state index is -0.0741. The third kappa shape index (κ3) is 3.50. The van der Waals surface area contributed by atoms with E-state index < -0.39 is 0 Å². The summed E-state index contributed by atoms with van der Waals surface area (Å²) in [5.74, 6) is 0.680. The van der Waals surface area contributed by atoms with Crippen LogP contribution in [0.3, 0.4) is 0 Å². The van der Waals surface area contributed by atoms with Crippen molar-refractivity contribution in [2.45, 2.75) is 33.7 Å². The minimum Gasteiger partial charge on any atom is -0.387 e. The molecule has 1 atom stereocenters. The second-order valence-electron chi connectivity index (χ2n) is 4.58. The Morgan fingerprint density at radius 1 is 1.47 bits per heavy atom. The number of halogens is 1. The van der Waals surface area contributed by atoms with Gasteiger partial charge in [-0.1, -0.05) is 32.4 Å². The lowest BCUT2D eigenvalue weighted by Crippen LogP contribution is -2.29. The summed E-state index contributed by atoms with van der Waals surface area (Å²) in [7, 11) is 0. The Morgan fingerprint density at radius 2 is 2.07 bits per heavy atom. The molecule has 15 heavy (non-hydrogen) atoms. The lowest BCUT2D eigenvalue weighted by molar-refractivity contribution is 0.576. The van der Waals surface area contributed by atoms with E-state index in [4.69, 9.17) is 17.3 Å². The Hall–Kier alpha value is -0.540. The first kappa shape index (κ1) is 12.5. The van der Waals surface area contributed by atoms with Gasteiger partial charge < -0.3 is 5.73 Å². The summed E-state index contributed by atoms with van der Waals surface area (Å²) in [6.45, 7) is 8.20. The van der Waals surface area contributed by atoms with Crippen molar-refractivity contribution in [3.05, 3.63) is 21.3 Å². The van der Waals surface area contributed by atoms with Gasteiger partial charge in [-0.15, -0.1) is 11.3 Å². The summed E-state index contributed by atoms with van der Waals surface area (Å²) in [5, 5.41) is 0. The van der Waals surface area contributed by atoms with Crippen molar-refractivity contribution in [1.29, 1.82) is 0 Å². The highest BCUT2D eigenvalue weighted by Crippen LogP contribution is 2.29. The molecule has 1 heterocycles. The van der Waals surface area contributed by atoms with Gasteiger partial charge in [0.2, 0.25) is 0 Å². The highest BCUT2D eigenvalue weighted by Gasteiger charge is 2.17. The third-order valence-corrected chi connectivity index (χ3v) is 3.51. The fraction of sp³-hybridized carbons (Fsp3) is 0.545. The van der Waals surface area contributed by atoms with E-state index in [1.54, 1.807) is 11.3 Å². The number of thiophene rings is 1. The van der Waals surface area contributed by atoms with Gasteiger partial charge in [0.05, 0.1) is 16.2 Å². The van der Waals surface area contributed by atoms with E-state index in [0.717, 1.165) is 9.21 Å². The van der Waals surface area contributed by atoms with Crippen LogP contribution in [-0.4, -0.2) is 5.84 Å². The van der Waals surface area contributed by atoms with Crippen LogP contribution in [0, 0.1) is 5.41 Å². The Balaban J connectivity index is 2.83. The molecule has 2 nitrogen and oxygen atoms in total. The molecule has 0 fully saturated rings. The van der Waals surface area contributed by atoms with Gasteiger partial charge in [0.1, 0.15) is 0 Å². The molecule has 1 unspecified atom stereocenters. The Morgan fingerprint density at radius 3 is 2.47 bits per heavy atom. The number of hydrogen-bond donors (Lipinski definition) is 1. The van der Waals surface area contributed by atoms with Crippen LogP contribution in [-0.2, 0) is 0 Å². The first-order valence-corrected chi connectivity index (χ1v) is 6.09. The molecule has 2 N–H and O–H groups in total. The maximum atomic E-state index is 5.92. The fourth-order valence-electron chi connectivity index (χ4n) is 1.02. The van der Waals surface area contributed by atoms with Crippen molar-refractivity contribution in [3.63, 3.8) is 0 Å². The second kappa shape index (κ2) is 4.54. The van der Waals surface area contributed by atoms with Crippen LogP contribution in [0.4, 0.5) is 0 Å². The molecule has 0 aliphatic heterocycles. The van der Waals surface area contributed by atoms with E-state index in [0.29, 0.717) is 5.84 Å². The zero-order valence-corrected chi connectivity index (χ0v) is 11.1. The van der Waals surface area contributed by atoms with Crippen LogP contribution >= 0.6 is 22.9 Å². The molecule has 0 aliphatic carbocycles. The minimum absolute atomic E-state index is 0.0741.